The maximum Gasteiger partial charge on any atom is 0.522 e. The number of imidazole rings is 1. The van der Waals surface area contributed by atoms with Crippen molar-refractivity contribution in [1.82, 2.24) is 25.2 Å². The summed E-state index contributed by atoms with van der Waals surface area (Å²) >= 11 is 0. The summed E-state index contributed by atoms with van der Waals surface area (Å²) in [6, 6.07) is 1.70. The van der Waals surface area contributed by atoms with Crippen LogP contribution in [0.5, 0.6) is 0 Å². The summed E-state index contributed by atoms with van der Waals surface area (Å²) in [6.45, 7) is 2.66. The van der Waals surface area contributed by atoms with Crippen LogP contribution in [0.4, 0.5) is 13.2 Å². The van der Waals surface area contributed by atoms with Crippen LogP contribution < -0.4 is 16.4 Å². The molecule has 36 heavy (non-hydrogen) atoms. The lowest BCUT2D eigenvalue weighted by Gasteiger charge is -2.24. The molecule has 3 heterocycles. The number of fused-ring (bicyclic) bond motifs is 1. The van der Waals surface area contributed by atoms with Gasteiger partial charge in [0.2, 0.25) is 11.8 Å². The summed E-state index contributed by atoms with van der Waals surface area (Å²) in [6.07, 6.45) is -3.29. The van der Waals surface area contributed by atoms with E-state index in [4.69, 9.17) is 5.73 Å². The maximum absolute atomic E-state index is 13.5. The van der Waals surface area contributed by atoms with Crippen LogP contribution in [0, 0.1) is 11.8 Å². The van der Waals surface area contributed by atoms with Gasteiger partial charge in [0, 0.05) is 18.7 Å². The van der Waals surface area contributed by atoms with Gasteiger partial charge < -0.3 is 16.4 Å². The van der Waals surface area contributed by atoms with Crippen molar-refractivity contribution in [2.75, 3.05) is 13.2 Å². The Morgan fingerprint density at radius 1 is 1.33 bits per heavy atom. The number of hydrogen-bond donors (Lipinski definition) is 3. The van der Waals surface area contributed by atoms with Crippen LogP contribution in [0.1, 0.15) is 55.2 Å². The lowest BCUT2D eigenvalue weighted by molar-refractivity contribution is -0.321. The van der Waals surface area contributed by atoms with Gasteiger partial charge in [-0.25, -0.2) is 9.50 Å². The van der Waals surface area contributed by atoms with Crippen molar-refractivity contribution in [2.24, 2.45) is 17.6 Å². The van der Waals surface area contributed by atoms with E-state index in [-0.39, 0.29) is 41.7 Å². The first kappa shape index (κ1) is 27.0. The quantitative estimate of drug-likeness (QED) is 0.406. The van der Waals surface area contributed by atoms with Crippen molar-refractivity contribution in [1.29, 1.82) is 0 Å². The monoisotopic (exact) mass is 512 g/mol. The van der Waals surface area contributed by atoms with Crippen molar-refractivity contribution in [2.45, 2.75) is 51.4 Å². The van der Waals surface area contributed by atoms with E-state index in [0.717, 1.165) is 0 Å². The topological polar surface area (TPSA) is 158 Å². The van der Waals surface area contributed by atoms with Crippen LogP contribution >= 0.6 is 0 Å². The number of nitrogens with two attached hydrogens (primary N) is 1. The van der Waals surface area contributed by atoms with E-state index in [0.29, 0.717) is 13.0 Å². The first-order valence-corrected chi connectivity index (χ1v) is 11.3. The molecule has 0 saturated carbocycles. The summed E-state index contributed by atoms with van der Waals surface area (Å²) in [4.78, 5) is 54.5. The second kappa shape index (κ2) is 11.0. The number of amides is 3. The highest BCUT2D eigenvalue weighted by molar-refractivity contribution is 5.97. The van der Waals surface area contributed by atoms with Crippen molar-refractivity contribution in [3.63, 3.8) is 0 Å². The van der Waals surface area contributed by atoms with E-state index >= 15 is 0 Å². The highest BCUT2D eigenvalue weighted by Gasteiger charge is 2.37. The van der Waals surface area contributed by atoms with E-state index in [2.05, 4.69) is 25.5 Å². The Morgan fingerprint density at radius 2 is 2.06 bits per heavy atom. The third kappa shape index (κ3) is 6.56. The van der Waals surface area contributed by atoms with E-state index < -0.39 is 48.4 Å². The van der Waals surface area contributed by atoms with Gasteiger partial charge in [0.05, 0.1) is 17.7 Å². The highest BCUT2D eigenvalue weighted by Crippen LogP contribution is 2.28. The SMILES string of the molecule is CC(C)C[C@H](C(=O)N[C@@H](C[C@@H]1CCNC1=O)C(=O)COC(F)(F)F)c1c(C(N)=O)nc2cccnn12. The van der Waals surface area contributed by atoms with Crippen LogP contribution in [-0.4, -0.2) is 63.7 Å². The fourth-order valence-corrected chi connectivity index (χ4v) is 4.17. The zero-order chi connectivity index (χ0) is 26.6. The molecular formula is C22H27F3N6O5. The Balaban J connectivity index is 1.95. The number of nitrogens with zero attached hydrogens (tertiary/aromatic N) is 3. The normalized spacial score (nSPS) is 17.7. The van der Waals surface area contributed by atoms with Gasteiger partial charge in [0.25, 0.3) is 5.91 Å². The number of alkyl halides is 3. The Kier molecular flexibility index (Phi) is 8.28. The molecule has 0 spiro atoms. The van der Waals surface area contributed by atoms with Gasteiger partial charge in [0.1, 0.15) is 6.61 Å². The van der Waals surface area contributed by atoms with Crippen molar-refractivity contribution in [3.8, 4) is 0 Å². The number of halogens is 3. The third-order valence-corrected chi connectivity index (χ3v) is 5.78. The van der Waals surface area contributed by atoms with Gasteiger partial charge in [-0.3, -0.25) is 23.9 Å². The molecular weight excluding hydrogens is 485 g/mol. The molecule has 1 aliphatic rings. The predicted molar refractivity (Wildman–Crippen MR) is 118 cm³/mol. The Hall–Kier alpha value is -3.55. The zero-order valence-corrected chi connectivity index (χ0v) is 19.7. The minimum absolute atomic E-state index is 0.0842. The van der Waals surface area contributed by atoms with E-state index in [1.807, 2.05) is 13.8 Å². The number of primary amides is 1. The summed E-state index contributed by atoms with van der Waals surface area (Å²) in [5, 5.41) is 9.24. The van der Waals surface area contributed by atoms with Gasteiger partial charge in [-0.1, -0.05) is 13.8 Å². The van der Waals surface area contributed by atoms with Crippen molar-refractivity contribution < 1.29 is 37.1 Å². The first-order valence-electron chi connectivity index (χ1n) is 11.3. The average molecular weight is 512 g/mol. The molecule has 0 aliphatic carbocycles. The smallest absolute Gasteiger partial charge is 0.364 e. The molecule has 14 heteroatoms. The second-order valence-corrected chi connectivity index (χ2v) is 8.96. The van der Waals surface area contributed by atoms with Gasteiger partial charge in [-0.05, 0) is 37.3 Å². The van der Waals surface area contributed by atoms with Crippen LogP contribution in [0.3, 0.4) is 0 Å². The van der Waals surface area contributed by atoms with Crippen molar-refractivity contribution >= 4 is 29.2 Å². The second-order valence-electron chi connectivity index (χ2n) is 8.96. The molecule has 4 N–H and O–H groups in total. The number of Topliss-reactive ketones (excluding diaryl/α,β-unsaturated/α-hetero) is 1. The molecule has 3 rings (SSSR count). The largest absolute Gasteiger partial charge is 0.522 e. The van der Waals surface area contributed by atoms with Crippen LogP contribution in [0.15, 0.2) is 18.3 Å². The van der Waals surface area contributed by atoms with E-state index in [1.54, 1.807) is 12.1 Å². The lowest BCUT2D eigenvalue weighted by atomic mass is 9.90. The van der Waals surface area contributed by atoms with E-state index in [1.165, 1.54) is 10.7 Å². The van der Waals surface area contributed by atoms with E-state index in [9.17, 15) is 32.3 Å². The summed E-state index contributed by atoms with van der Waals surface area (Å²) in [7, 11) is 0. The molecule has 0 aromatic carbocycles. The molecule has 11 nitrogen and oxygen atoms in total. The molecule has 2 aromatic rings. The molecule has 1 fully saturated rings. The highest BCUT2D eigenvalue weighted by atomic mass is 19.4. The van der Waals surface area contributed by atoms with Gasteiger partial charge in [0.15, 0.2) is 17.1 Å². The van der Waals surface area contributed by atoms with Gasteiger partial charge >= 0.3 is 6.36 Å². The zero-order valence-electron chi connectivity index (χ0n) is 19.7. The molecule has 0 radical (unpaired) electrons. The van der Waals surface area contributed by atoms with Crippen LogP contribution in [-0.2, 0) is 19.1 Å². The molecule has 0 bridgehead atoms. The van der Waals surface area contributed by atoms with Crippen molar-refractivity contribution in [3.05, 3.63) is 29.7 Å². The molecule has 0 unspecified atom stereocenters. The number of carbonyl (C=O) groups is 4. The van der Waals surface area contributed by atoms with Gasteiger partial charge in [-0.15, -0.1) is 13.2 Å². The number of ketones is 1. The number of carbonyl (C=O) groups excluding carboxylic acids is 4. The lowest BCUT2D eigenvalue weighted by Crippen LogP contribution is -2.47. The standard InChI is InChI=1S/C22H27F3N6O5/c1-11(2)8-13(18-17(19(26)33)30-16-4-3-6-28-31(16)18)21(35)29-14(9-12-5-7-27-20(12)34)15(32)10-36-22(23,24)25/h3-4,6,11-14H,5,7-10H2,1-2H3,(H2,26,33)(H,27,34)(H,29,35)/t12-,13-,14-/m0/s1. The number of hydrogen-bond acceptors (Lipinski definition) is 7. The number of ether oxygens (including phenoxy) is 1. The van der Waals surface area contributed by atoms with Crippen LogP contribution in [0.25, 0.3) is 5.65 Å². The first-order chi connectivity index (χ1) is 16.9. The maximum atomic E-state index is 13.5. The Labute approximate surface area is 203 Å². The molecule has 1 saturated heterocycles. The predicted octanol–water partition coefficient (Wildman–Crippen LogP) is 1.07. The fraction of sp³-hybridized carbons (Fsp3) is 0.545. The van der Waals surface area contributed by atoms with Gasteiger partial charge in [-0.2, -0.15) is 5.10 Å². The minimum Gasteiger partial charge on any atom is -0.364 e. The Bertz CT molecular complexity index is 1150. The van der Waals surface area contributed by atoms with Crippen LogP contribution in [0.2, 0.25) is 0 Å². The molecule has 3 amide bonds. The molecule has 196 valence electrons. The number of aromatic nitrogens is 3. The third-order valence-electron chi connectivity index (χ3n) is 5.78. The summed E-state index contributed by atoms with van der Waals surface area (Å²) < 4.78 is 42.6. The Morgan fingerprint density at radius 3 is 2.64 bits per heavy atom. The average Bonchev–Trinajstić information content (AvgIpc) is 3.38. The fourth-order valence-electron chi connectivity index (χ4n) is 4.17. The molecule has 1 aliphatic heterocycles. The molecule has 2 aromatic heterocycles. The minimum atomic E-state index is -5.05. The number of nitrogens with one attached hydrogen (secondary N) is 2. The number of rotatable bonds is 11. The summed E-state index contributed by atoms with van der Waals surface area (Å²) in [5.74, 6) is -4.89. The molecule has 3 atom stereocenters. The summed E-state index contributed by atoms with van der Waals surface area (Å²) in [5.41, 5.74) is 5.68.